The van der Waals surface area contributed by atoms with Gasteiger partial charge in [0.25, 0.3) is 0 Å². The molecule has 2 N–H and O–H groups in total. The van der Waals surface area contributed by atoms with Crippen LogP contribution in [0.2, 0.25) is 5.02 Å². The molecule has 20 heavy (non-hydrogen) atoms. The summed E-state index contributed by atoms with van der Waals surface area (Å²) in [6.45, 7) is 1.95. The van der Waals surface area contributed by atoms with Crippen molar-refractivity contribution in [1.29, 1.82) is 0 Å². The van der Waals surface area contributed by atoms with Crippen molar-refractivity contribution in [3.63, 3.8) is 0 Å². The normalized spacial score (nSPS) is 21.4. The molecule has 1 heterocycles. The highest BCUT2D eigenvalue weighted by molar-refractivity contribution is 7.99. The monoisotopic (exact) mass is 314 g/mol. The number of carbonyl (C=O) groups excluding carboxylic acids is 1. The highest BCUT2D eigenvalue weighted by Gasteiger charge is 2.26. The summed E-state index contributed by atoms with van der Waals surface area (Å²) in [5.41, 5.74) is 0.999. The lowest BCUT2D eigenvalue weighted by atomic mass is 10.0. The van der Waals surface area contributed by atoms with Crippen LogP contribution in [0, 0.1) is 0 Å². The van der Waals surface area contributed by atoms with Crippen molar-refractivity contribution in [3.8, 4) is 0 Å². The van der Waals surface area contributed by atoms with Crippen molar-refractivity contribution in [2.24, 2.45) is 0 Å². The van der Waals surface area contributed by atoms with Crippen LogP contribution in [0.25, 0.3) is 0 Å². The molecule has 4 nitrogen and oxygen atoms in total. The van der Waals surface area contributed by atoms with Gasteiger partial charge in [-0.2, -0.15) is 0 Å². The Morgan fingerprint density at radius 2 is 2.20 bits per heavy atom. The van der Waals surface area contributed by atoms with Gasteiger partial charge in [-0.25, -0.2) is 0 Å². The second-order valence-electron chi connectivity index (χ2n) is 4.78. The number of rotatable bonds is 5. The Hall–Kier alpha value is -0.750. The molecule has 110 valence electrons. The maximum atomic E-state index is 12.1. The highest BCUT2D eigenvalue weighted by atomic mass is 35.5. The van der Waals surface area contributed by atoms with Gasteiger partial charge >= 0.3 is 0 Å². The summed E-state index contributed by atoms with van der Waals surface area (Å²) in [7, 11) is 1.64. The van der Waals surface area contributed by atoms with E-state index in [9.17, 15) is 4.79 Å². The first-order chi connectivity index (χ1) is 9.61. The van der Waals surface area contributed by atoms with Gasteiger partial charge in [-0.05, 0) is 24.6 Å². The average Bonchev–Trinajstić information content (AvgIpc) is 2.96. The first-order valence-electron chi connectivity index (χ1n) is 6.51. The largest absolute Gasteiger partial charge is 0.375 e. The molecule has 0 bridgehead atoms. The molecule has 0 saturated carbocycles. The maximum absolute atomic E-state index is 12.1. The Labute approximate surface area is 128 Å². The van der Waals surface area contributed by atoms with E-state index in [1.807, 2.05) is 31.2 Å². The van der Waals surface area contributed by atoms with E-state index in [4.69, 9.17) is 16.3 Å². The molecule has 0 aromatic heterocycles. The molecule has 3 atom stereocenters. The molecule has 1 aliphatic rings. The molecule has 1 saturated heterocycles. The summed E-state index contributed by atoms with van der Waals surface area (Å²) >= 11 is 7.62. The minimum Gasteiger partial charge on any atom is -0.375 e. The maximum Gasteiger partial charge on any atom is 0.238 e. The van der Waals surface area contributed by atoms with E-state index in [0.717, 1.165) is 17.2 Å². The van der Waals surface area contributed by atoms with Crippen molar-refractivity contribution in [1.82, 2.24) is 10.6 Å². The van der Waals surface area contributed by atoms with Gasteiger partial charge in [0, 0.05) is 23.8 Å². The van der Waals surface area contributed by atoms with Gasteiger partial charge in [-0.3, -0.25) is 10.1 Å². The zero-order valence-electron chi connectivity index (χ0n) is 11.6. The summed E-state index contributed by atoms with van der Waals surface area (Å²) in [6.07, 6.45) is -0.190. The lowest BCUT2D eigenvalue weighted by Gasteiger charge is -2.25. The van der Waals surface area contributed by atoms with Gasteiger partial charge in [-0.1, -0.05) is 23.7 Å². The van der Waals surface area contributed by atoms with Crippen LogP contribution in [0.3, 0.4) is 0 Å². The van der Waals surface area contributed by atoms with E-state index in [0.29, 0.717) is 5.02 Å². The molecular formula is C14H19ClN2O2S. The Morgan fingerprint density at radius 1 is 1.50 bits per heavy atom. The molecule has 0 radical (unpaired) electrons. The number of amides is 1. The van der Waals surface area contributed by atoms with Crippen LogP contribution in [-0.4, -0.2) is 36.7 Å². The van der Waals surface area contributed by atoms with Gasteiger partial charge in [0.05, 0.1) is 12.1 Å². The van der Waals surface area contributed by atoms with Gasteiger partial charge in [0.15, 0.2) is 0 Å². The van der Waals surface area contributed by atoms with Crippen LogP contribution in [0.5, 0.6) is 0 Å². The lowest BCUT2D eigenvalue weighted by Crippen LogP contribution is -2.47. The molecular weight excluding hydrogens is 296 g/mol. The molecule has 1 aromatic rings. The number of methoxy groups -OCH3 is 1. The van der Waals surface area contributed by atoms with Gasteiger partial charge in [0.2, 0.25) is 5.91 Å². The van der Waals surface area contributed by atoms with Crippen molar-refractivity contribution < 1.29 is 9.53 Å². The number of carbonyl (C=O) groups is 1. The van der Waals surface area contributed by atoms with E-state index in [-0.39, 0.29) is 24.1 Å². The molecule has 1 aliphatic heterocycles. The highest BCUT2D eigenvalue weighted by Crippen LogP contribution is 2.22. The van der Waals surface area contributed by atoms with E-state index in [2.05, 4.69) is 10.6 Å². The Bertz CT molecular complexity index is 449. The topological polar surface area (TPSA) is 50.4 Å². The van der Waals surface area contributed by atoms with E-state index >= 15 is 0 Å². The first kappa shape index (κ1) is 15.6. The molecule has 0 aliphatic carbocycles. The lowest BCUT2D eigenvalue weighted by molar-refractivity contribution is -0.124. The summed E-state index contributed by atoms with van der Waals surface area (Å²) < 4.78 is 5.52. The number of benzene rings is 1. The van der Waals surface area contributed by atoms with Gasteiger partial charge < -0.3 is 10.1 Å². The molecule has 0 unspecified atom stereocenters. The van der Waals surface area contributed by atoms with Crippen LogP contribution in [0.1, 0.15) is 18.6 Å². The minimum atomic E-state index is -0.190. The molecule has 6 heteroatoms. The molecule has 2 rings (SSSR count). The number of halogens is 1. The van der Waals surface area contributed by atoms with Crippen LogP contribution in [0.4, 0.5) is 0 Å². The number of ether oxygens (including phenoxy) is 1. The summed E-state index contributed by atoms with van der Waals surface area (Å²) in [4.78, 5) is 12.1. The van der Waals surface area contributed by atoms with Crippen LogP contribution >= 0.6 is 23.4 Å². The minimum absolute atomic E-state index is 0.0264. The molecule has 1 amide bonds. The van der Waals surface area contributed by atoms with Crippen molar-refractivity contribution in [3.05, 3.63) is 34.9 Å². The zero-order valence-corrected chi connectivity index (χ0v) is 13.1. The second kappa shape index (κ2) is 7.31. The fourth-order valence-electron chi connectivity index (χ4n) is 2.25. The van der Waals surface area contributed by atoms with Crippen LogP contribution in [-0.2, 0) is 9.53 Å². The Balaban J connectivity index is 1.99. The quantitative estimate of drug-likeness (QED) is 0.875. The number of nitrogens with one attached hydrogen (secondary N) is 2. The predicted octanol–water partition coefficient (Wildman–Crippen LogP) is 2.19. The van der Waals surface area contributed by atoms with E-state index in [1.54, 1.807) is 18.9 Å². The molecule has 0 spiro atoms. The van der Waals surface area contributed by atoms with Gasteiger partial charge in [-0.15, -0.1) is 11.8 Å². The number of thioether (sulfide) groups is 1. The second-order valence-corrected chi connectivity index (χ2v) is 6.24. The van der Waals surface area contributed by atoms with Crippen LogP contribution < -0.4 is 10.6 Å². The Morgan fingerprint density at radius 3 is 2.75 bits per heavy atom. The van der Waals surface area contributed by atoms with E-state index in [1.165, 1.54) is 0 Å². The number of hydrogen-bond acceptors (Lipinski definition) is 4. The molecule has 1 fully saturated rings. The first-order valence-corrected chi connectivity index (χ1v) is 8.05. The standard InChI is InChI=1S/C14H19ClN2O2S/c1-9(17-14(18)12-7-20-8-16-12)13(19-2)10-3-5-11(15)6-4-10/h3-6,9,12-13,16H,7-8H2,1-2H3,(H,17,18)/t9-,12+,13-/m0/s1. The van der Waals surface area contributed by atoms with Crippen molar-refractivity contribution >= 4 is 29.3 Å². The van der Waals surface area contributed by atoms with Gasteiger partial charge in [0.1, 0.15) is 6.10 Å². The van der Waals surface area contributed by atoms with E-state index < -0.39 is 0 Å². The summed E-state index contributed by atoms with van der Waals surface area (Å²) in [6, 6.07) is 7.27. The predicted molar refractivity (Wildman–Crippen MR) is 83.1 cm³/mol. The van der Waals surface area contributed by atoms with Crippen LogP contribution in [0.15, 0.2) is 24.3 Å². The fourth-order valence-corrected chi connectivity index (χ4v) is 3.31. The average molecular weight is 315 g/mol. The SMILES string of the molecule is CO[C@H](c1ccc(Cl)cc1)[C@H](C)NC(=O)[C@H]1CSCN1. The Kier molecular flexibility index (Phi) is 5.72. The third kappa shape index (κ3) is 3.88. The van der Waals surface area contributed by atoms with Crippen molar-refractivity contribution in [2.45, 2.75) is 25.1 Å². The number of hydrogen-bond donors (Lipinski definition) is 2. The van der Waals surface area contributed by atoms with Crippen molar-refractivity contribution in [2.75, 3.05) is 18.7 Å². The summed E-state index contributed by atoms with van der Waals surface area (Å²) in [5, 5.41) is 6.86. The fraction of sp³-hybridized carbons (Fsp3) is 0.500. The zero-order chi connectivity index (χ0) is 14.5. The smallest absolute Gasteiger partial charge is 0.238 e. The third-order valence-electron chi connectivity index (χ3n) is 3.31. The summed E-state index contributed by atoms with van der Waals surface area (Å²) in [5.74, 6) is 1.67. The molecule has 1 aromatic carbocycles. The third-order valence-corrected chi connectivity index (χ3v) is 4.50.